The molecule has 0 saturated heterocycles. The topological polar surface area (TPSA) is 59.1 Å². The molecule has 0 aliphatic heterocycles. The fraction of sp³-hybridized carbons (Fsp3) is 0.357. The fourth-order valence-electron chi connectivity index (χ4n) is 2.37. The van der Waals surface area contributed by atoms with E-state index in [0.717, 1.165) is 25.0 Å². The second-order valence-electron chi connectivity index (χ2n) is 5.30. The molecule has 0 spiro atoms. The van der Waals surface area contributed by atoms with Gasteiger partial charge in [0.15, 0.2) is 5.13 Å². The molecule has 1 heterocycles. The van der Waals surface area contributed by atoms with Gasteiger partial charge >= 0.3 is 0 Å². The maximum absolute atomic E-state index is 12.3. The summed E-state index contributed by atoms with van der Waals surface area (Å²) in [4.78, 5) is 5.80. The zero-order chi connectivity index (χ0) is 15.0. The Morgan fingerprint density at radius 1 is 1.33 bits per heavy atom. The maximum Gasteiger partial charge on any atom is 0.263 e. The van der Waals surface area contributed by atoms with Crippen LogP contribution in [0.15, 0.2) is 29.2 Å². The summed E-state index contributed by atoms with van der Waals surface area (Å²) in [6.45, 7) is 2.21. The summed E-state index contributed by atoms with van der Waals surface area (Å²) in [7, 11) is -3.60. The molecule has 0 radical (unpaired) electrons. The molecule has 1 aliphatic carbocycles. The Hall–Kier alpha value is -1.11. The van der Waals surface area contributed by atoms with Gasteiger partial charge in [-0.05, 0) is 49.4 Å². The highest BCUT2D eigenvalue weighted by atomic mass is 35.5. The van der Waals surface area contributed by atoms with Crippen molar-refractivity contribution < 1.29 is 8.42 Å². The van der Waals surface area contributed by atoms with Crippen LogP contribution in [0.2, 0.25) is 5.02 Å². The van der Waals surface area contributed by atoms with Crippen molar-refractivity contribution in [2.24, 2.45) is 5.92 Å². The average molecular weight is 343 g/mol. The predicted octanol–water partition coefficient (Wildman–Crippen LogP) is 3.72. The second-order valence-corrected chi connectivity index (χ2v) is 8.50. The van der Waals surface area contributed by atoms with E-state index < -0.39 is 10.0 Å². The van der Waals surface area contributed by atoms with Gasteiger partial charge in [-0.1, -0.05) is 18.5 Å². The third kappa shape index (κ3) is 3.22. The van der Waals surface area contributed by atoms with E-state index in [0.29, 0.717) is 16.1 Å². The first-order valence-electron chi connectivity index (χ1n) is 6.71. The van der Waals surface area contributed by atoms with Gasteiger partial charge < -0.3 is 0 Å². The van der Waals surface area contributed by atoms with E-state index in [1.165, 1.54) is 28.3 Å². The molecular weight excluding hydrogens is 328 g/mol. The van der Waals surface area contributed by atoms with Crippen LogP contribution in [-0.4, -0.2) is 13.4 Å². The van der Waals surface area contributed by atoms with Crippen LogP contribution in [0.5, 0.6) is 0 Å². The average Bonchev–Trinajstić information content (AvgIpc) is 2.79. The fourth-order valence-corrected chi connectivity index (χ4v) is 4.90. The molecule has 21 heavy (non-hydrogen) atoms. The van der Waals surface area contributed by atoms with Gasteiger partial charge in [0.25, 0.3) is 10.0 Å². The molecule has 3 rings (SSSR count). The number of rotatable bonds is 3. The van der Waals surface area contributed by atoms with Crippen molar-refractivity contribution in [3.05, 3.63) is 39.9 Å². The van der Waals surface area contributed by atoms with E-state index in [-0.39, 0.29) is 4.90 Å². The number of anilines is 1. The normalized spacial score (nSPS) is 18.3. The SMILES string of the molecule is CC1CCc2nc(NS(=O)(=O)c3ccc(Cl)cc3)sc2C1. The molecule has 7 heteroatoms. The monoisotopic (exact) mass is 342 g/mol. The zero-order valence-electron chi connectivity index (χ0n) is 11.5. The third-order valence-corrected chi connectivity index (χ3v) is 6.30. The van der Waals surface area contributed by atoms with E-state index in [2.05, 4.69) is 16.6 Å². The molecule has 1 N–H and O–H groups in total. The van der Waals surface area contributed by atoms with Crippen LogP contribution in [0.25, 0.3) is 0 Å². The van der Waals surface area contributed by atoms with Crippen LogP contribution in [0.1, 0.15) is 23.9 Å². The van der Waals surface area contributed by atoms with Crippen molar-refractivity contribution in [2.45, 2.75) is 31.1 Å². The molecule has 1 aliphatic rings. The number of thiazole rings is 1. The minimum absolute atomic E-state index is 0.188. The Balaban J connectivity index is 1.84. The van der Waals surface area contributed by atoms with Gasteiger partial charge in [-0.3, -0.25) is 4.72 Å². The van der Waals surface area contributed by atoms with Crippen molar-refractivity contribution in [1.29, 1.82) is 0 Å². The van der Waals surface area contributed by atoms with Crippen LogP contribution < -0.4 is 4.72 Å². The molecule has 0 amide bonds. The van der Waals surface area contributed by atoms with Gasteiger partial charge in [0.2, 0.25) is 0 Å². The number of benzene rings is 1. The maximum atomic E-state index is 12.3. The number of hydrogen-bond donors (Lipinski definition) is 1. The molecular formula is C14H15ClN2O2S2. The second kappa shape index (κ2) is 5.59. The van der Waals surface area contributed by atoms with E-state index in [9.17, 15) is 8.42 Å². The third-order valence-electron chi connectivity index (χ3n) is 3.53. The molecule has 2 aromatic rings. The largest absolute Gasteiger partial charge is 0.263 e. The van der Waals surface area contributed by atoms with Gasteiger partial charge in [0.05, 0.1) is 10.6 Å². The number of aromatic nitrogens is 1. The molecule has 0 bridgehead atoms. The van der Waals surface area contributed by atoms with Crippen molar-refractivity contribution in [2.75, 3.05) is 4.72 Å². The number of sulfonamides is 1. The molecule has 112 valence electrons. The van der Waals surface area contributed by atoms with Crippen LogP contribution in [0.3, 0.4) is 0 Å². The van der Waals surface area contributed by atoms with E-state index in [1.807, 2.05) is 0 Å². The first-order chi connectivity index (χ1) is 9.94. The summed E-state index contributed by atoms with van der Waals surface area (Å²) in [6.07, 6.45) is 3.02. The lowest BCUT2D eigenvalue weighted by Crippen LogP contribution is -2.12. The smallest absolute Gasteiger partial charge is 0.255 e. The highest BCUT2D eigenvalue weighted by Crippen LogP contribution is 2.33. The minimum atomic E-state index is -3.60. The van der Waals surface area contributed by atoms with Crippen LogP contribution >= 0.6 is 22.9 Å². The highest BCUT2D eigenvalue weighted by molar-refractivity contribution is 7.93. The summed E-state index contributed by atoms with van der Waals surface area (Å²) in [5, 5.41) is 0.955. The van der Waals surface area contributed by atoms with E-state index in [1.54, 1.807) is 12.1 Å². The van der Waals surface area contributed by atoms with Crippen molar-refractivity contribution >= 4 is 38.1 Å². The Morgan fingerprint density at radius 3 is 2.76 bits per heavy atom. The highest BCUT2D eigenvalue weighted by Gasteiger charge is 2.22. The van der Waals surface area contributed by atoms with E-state index >= 15 is 0 Å². The first-order valence-corrected chi connectivity index (χ1v) is 9.39. The number of aryl methyl sites for hydroxylation is 1. The van der Waals surface area contributed by atoms with Gasteiger partial charge in [0, 0.05) is 9.90 Å². The lowest BCUT2D eigenvalue weighted by Gasteiger charge is -2.15. The van der Waals surface area contributed by atoms with Crippen LogP contribution in [-0.2, 0) is 22.9 Å². The Kier molecular flexibility index (Phi) is 3.94. The summed E-state index contributed by atoms with van der Waals surface area (Å²) >= 11 is 7.22. The quantitative estimate of drug-likeness (QED) is 0.924. The Bertz CT molecular complexity index is 754. The summed E-state index contributed by atoms with van der Waals surface area (Å²) < 4.78 is 27.2. The van der Waals surface area contributed by atoms with Gasteiger partial charge in [-0.2, -0.15) is 0 Å². The van der Waals surface area contributed by atoms with Crippen molar-refractivity contribution in [3.63, 3.8) is 0 Å². The summed E-state index contributed by atoms with van der Waals surface area (Å²) in [5.74, 6) is 0.638. The zero-order valence-corrected chi connectivity index (χ0v) is 13.9. The van der Waals surface area contributed by atoms with Gasteiger partial charge in [-0.25, -0.2) is 13.4 Å². The first kappa shape index (κ1) is 14.8. The molecule has 0 saturated carbocycles. The molecule has 1 aromatic heterocycles. The van der Waals surface area contributed by atoms with Crippen molar-refractivity contribution in [1.82, 2.24) is 4.98 Å². The van der Waals surface area contributed by atoms with Gasteiger partial charge in [0.1, 0.15) is 0 Å². The number of nitrogens with one attached hydrogen (secondary N) is 1. The molecule has 4 nitrogen and oxygen atoms in total. The summed E-state index contributed by atoms with van der Waals surface area (Å²) in [5.41, 5.74) is 1.03. The van der Waals surface area contributed by atoms with Gasteiger partial charge in [-0.15, -0.1) is 11.3 Å². The van der Waals surface area contributed by atoms with Crippen LogP contribution in [0, 0.1) is 5.92 Å². The number of halogens is 1. The van der Waals surface area contributed by atoms with Crippen molar-refractivity contribution in [3.8, 4) is 0 Å². The number of nitrogens with zero attached hydrogens (tertiary/aromatic N) is 1. The Morgan fingerprint density at radius 2 is 2.05 bits per heavy atom. The van der Waals surface area contributed by atoms with E-state index in [4.69, 9.17) is 11.6 Å². The lowest BCUT2D eigenvalue weighted by molar-refractivity contribution is 0.502. The molecule has 1 aromatic carbocycles. The summed E-state index contributed by atoms with van der Waals surface area (Å²) in [6, 6.07) is 6.09. The predicted molar refractivity (Wildman–Crippen MR) is 85.6 cm³/mol. The number of fused-ring (bicyclic) bond motifs is 1. The molecule has 1 atom stereocenters. The lowest BCUT2D eigenvalue weighted by atomic mass is 9.93. The number of hydrogen-bond acceptors (Lipinski definition) is 4. The molecule has 0 fully saturated rings. The standard InChI is InChI=1S/C14H15ClN2O2S2/c1-9-2-7-12-13(8-9)20-14(16-12)17-21(18,19)11-5-3-10(15)4-6-11/h3-6,9H,2,7-8H2,1H3,(H,16,17). The molecule has 1 unspecified atom stereocenters. The van der Waals surface area contributed by atoms with Crippen LogP contribution in [0.4, 0.5) is 5.13 Å². The minimum Gasteiger partial charge on any atom is -0.255 e. The Labute approximate surface area is 133 Å².